The third-order valence-corrected chi connectivity index (χ3v) is 6.57. The van der Waals surface area contributed by atoms with Crippen molar-refractivity contribution < 1.29 is 9.90 Å². The highest BCUT2D eigenvalue weighted by molar-refractivity contribution is 5.82. The van der Waals surface area contributed by atoms with Gasteiger partial charge < -0.3 is 14.6 Å². The van der Waals surface area contributed by atoms with Crippen molar-refractivity contribution in [2.45, 2.75) is 63.3 Å². The van der Waals surface area contributed by atoms with Crippen molar-refractivity contribution in [3.05, 3.63) is 30.7 Å². The first-order valence-electron chi connectivity index (χ1n) is 9.47. The lowest BCUT2D eigenvalue weighted by Crippen LogP contribution is -2.55. The number of aliphatic hydroxyl groups is 1. The minimum absolute atomic E-state index is 0.212. The van der Waals surface area contributed by atoms with Crippen LogP contribution in [0, 0.1) is 11.8 Å². The third-order valence-electron chi connectivity index (χ3n) is 6.57. The Morgan fingerprint density at radius 2 is 2.04 bits per heavy atom. The maximum atomic E-state index is 12.8. The molecular weight excluding hydrogens is 314 g/mol. The van der Waals surface area contributed by atoms with E-state index in [-0.39, 0.29) is 18.0 Å². The van der Waals surface area contributed by atoms with Gasteiger partial charge in [-0.25, -0.2) is 0 Å². The number of rotatable bonds is 3. The third kappa shape index (κ3) is 2.48. The summed E-state index contributed by atoms with van der Waals surface area (Å²) in [5.74, 6) is 1.14. The van der Waals surface area contributed by atoms with Crippen molar-refractivity contribution in [3.8, 4) is 0 Å². The zero-order valence-corrected chi connectivity index (χ0v) is 14.6. The fourth-order valence-electron chi connectivity index (χ4n) is 5.15. The van der Waals surface area contributed by atoms with Gasteiger partial charge >= 0.3 is 0 Å². The zero-order valence-electron chi connectivity index (χ0n) is 14.6. The minimum atomic E-state index is -0.737. The second-order valence-electron chi connectivity index (χ2n) is 8.46. The van der Waals surface area contributed by atoms with E-state index >= 15 is 0 Å². The first-order chi connectivity index (χ1) is 12.0. The number of carbonyl (C=O) groups excluding carboxylic acids is 1. The van der Waals surface area contributed by atoms with Crippen LogP contribution >= 0.6 is 0 Å². The first kappa shape index (κ1) is 15.4. The summed E-state index contributed by atoms with van der Waals surface area (Å²) < 4.78 is 2.11. The molecule has 3 fully saturated rings. The molecule has 2 aromatic heterocycles. The predicted molar refractivity (Wildman–Crippen MR) is 94.8 cm³/mol. The van der Waals surface area contributed by atoms with Gasteiger partial charge in [0.25, 0.3) is 0 Å². The van der Waals surface area contributed by atoms with E-state index in [9.17, 15) is 9.90 Å². The minimum Gasteiger partial charge on any atom is -0.388 e. The van der Waals surface area contributed by atoms with Gasteiger partial charge in [-0.2, -0.15) is 0 Å². The van der Waals surface area contributed by atoms with Crippen molar-refractivity contribution in [2.24, 2.45) is 11.8 Å². The molecule has 132 valence electrons. The van der Waals surface area contributed by atoms with Crippen LogP contribution in [0.1, 0.15) is 39.0 Å². The molecule has 25 heavy (non-hydrogen) atoms. The average molecular weight is 339 g/mol. The van der Waals surface area contributed by atoms with E-state index in [2.05, 4.69) is 27.4 Å². The molecule has 1 saturated carbocycles. The van der Waals surface area contributed by atoms with Gasteiger partial charge in [0.2, 0.25) is 5.91 Å². The summed E-state index contributed by atoms with van der Waals surface area (Å²) >= 11 is 0. The second-order valence-corrected chi connectivity index (χ2v) is 8.46. The summed E-state index contributed by atoms with van der Waals surface area (Å²) in [5.41, 5.74) is 0.327. The van der Waals surface area contributed by atoms with Gasteiger partial charge in [0.05, 0.1) is 23.9 Å². The van der Waals surface area contributed by atoms with Crippen molar-refractivity contribution in [1.82, 2.24) is 14.5 Å². The van der Waals surface area contributed by atoms with Crippen molar-refractivity contribution in [1.29, 1.82) is 0 Å². The van der Waals surface area contributed by atoms with E-state index in [4.69, 9.17) is 0 Å². The monoisotopic (exact) mass is 339 g/mol. The molecule has 5 rings (SSSR count). The van der Waals surface area contributed by atoms with Crippen molar-refractivity contribution in [2.75, 3.05) is 0 Å². The molecule has 0 aromatic carbocycles. The summed E-state index contributed by atoms with van der Waals surface area (Å²) in [4.78, 5) is 19.1. The Balaban J connectivity index is 1.37. The number of carbonyl (C=O) groups is 1. The van der Waals surface area contributed by atoms with Gasteiger partial charge in [0.1, 0.15) is 0 Å². The molecule has 1 N–H and O–H groups in total. The Morgan fingerprint density at radius 3 is 2.72 bits per heavy atom. The lowest BCUT2D eigenvalue weighted by molar-refractivity contribution is -0.143. The lowest BCUT2D eigenvalue weighted by atomic mass is 9.85. The van der Waals surface area contributed by atoms with Crippen LogP contribution in [0.4, 0.5) is 0 Å². The zero-order chi connectivity index (χ0) is 17.2. The number of amides is 1. The van der Waals surface area contributed by atoms with Gasteiger partial charge in [-0.05, 0) is 50.2 Å². The number of piperidine rings is 1. The van der Waals surface area contributed by atoms with E-state index < -0.39 is 5.60 Å². The van der Waals surface area contributed by atoms with Gasteiger partial charge in [-0.3, -0.25) is 9.78 Å². The van der Waals surface area contributed by atoms with Crippen LogP contribution in [0.3, 0.4) is 0 Å². The molecule has 2 saturated heterocycles. The number of pyridine rings is 1. The number of hydrogen-bond acceptors (Lipinski definition) is 3. The topological polar surface area (TPSA) is 58.4 Å². The predicted octanol–water partition coefficient (Wildman–Crippen LogP) is 2.58. The Bertz CT molecular complexity index is 815. The molecule has 4 heterocycles. The molecule has 2 aliphatic heterocycles. The summed E-state index contributed by atoms with van der Waals surface area (Å²) in [6, 6.07) is 4.49. The Morgan fingerprint density at radius 1 is 1.32 bits per heavy atom. The highest BCUT2D eigenvalue weighted by Crippen LogP contribution is 2.47. The highest BCUT2D eigenvalue weighted by atomic mass is 16.3. The van der Waals surface area contributed by atoms with Crippen LogP contribution in [-0.4, -0.2) is 43.1 Å². The lowest BCUT2D eigenvalue weighted by Gasteiger charge is -2.44. The number of hydrogen-bond donors (Lipinski definition) is 1. The molecule has 0 spiro atoms. The molecule has 1 aliphatic carbocycles. The fraction of sp³-hybridized carbons (Fsp3) is 0.600. The molecule has 0 unspecified atom stereocenters. The van der Waals surface area contributed by atoms with Gasteiger partial charge in [-0.1, -0.05) is 6.92 Å². The van der Waals surface area contributed by atoms with Crippen LogP contribution in [0.2, 0.25) is 0 Å². The smallest absolute Gasteiger partial charge is 0.226 e. The number of nitrogens with zero attached hydrogens (tertiary/aromatic N) is 3. The molecule has 2 aromatic rings. The van der Waals surface area contributed by atoms with Crippen LogP contribution < -0.4 is 0 Å². The van der Waals surface area contributed by atoms with Gasteiger partial charge in [0, 0.05) is 35.8 Å². The summed E-state index contributed by atoms with van der Waals surface area (Å²) in [6.45, 7) is 2.74. The Labute approximate surface area is 147 Å². The average Bonchev–Trinajstić information content (AvgIpc) is 3.08. The maximum Gasteiger partial charge on any atom is 0.226 e. The number of aromatic nitrogens is 2. The van der Waals surface area contributed by atoms with E-state index in [1.165, 1.54) is 0 Å². The SMILES string of the molecule is C[C@@H]1C[C@@H]1C(=O)N1[C@@H]2CC[C@@H]1CC(O)(Cn1ccc3ccncc31)C2. The van der Waals surface area contributed by atoms with Gasteiger partial charge in [0.15, 0.2) is 0 Å². The molecule has 3 aliphatic rings. The largest absolute Gasteiger partial charge is 0.388 e. The van der Waals surface area contributed by atoms with Crippen molar-refractivity contribution >= 4 is 16.8 Å². The molecule has 1 amide bonds. The van der Waals surface area contributed by atoms with Crippen LogP contribution in [0.5, 0.6) is 0 Å². The normalized spacial score (nSPS) is 36.8. The van der Waals surface area contributed by atoms with Crippen LogP contribution in [0.15, 0.2) is 30.7 Å². The number of fused-ring (bicyclic) bond motifs is 3. The van der Waals surface area contributed by atoms with E-state index in [1.54, 1.807) is 6.20 Å². The molecule has 2 bridgehead atoms. The quantitative estimate of drug-likeness (QED) is 0.935. The molecule has 4 atom stereocenters. The van der Waals surface area contributed by atoms with Gasteiger partial charge in [-0.15, -0.1) is 0 Å². The van der Waals surface area contributed by atoms with Crippen molar-refractivity contribution in [3.63, 3.8) is 0 Å². The molecular formula is C20H25N3O2. The van der Waals surface area contributed by atoms with E-state index in [0.717, 1.165) is 30.2 Å². The Kier molecular flexibility index (Phi) is 3.26. The van der Waals surface area contributed by atoms with E-state index in [0.29, 0.717) is 31.2 Å². The molecule has 5 heteroatoms. The maximum absolute atomic E-state index is 12.8. The summed E-state index contributed by atoms with van der Waals surface area (Å²) in [5, 5.41) is 12.5. The standard InChI is InChI=1S/C20H25N3O2/c1-13-8-17(13)19(24)23-15-2-3-16(23)10-20(25,9-15)12-22-7-5-14-4-6-21-11-18(14)22/h4-7,11,13,15-17,25H,2-3,8-10,12H2,1H3/t13-,15-,16-,17+/m1/s1. The Hall–Kier alpha value is -1.88. The molecule has 0 radical (unpaired) electrons. The fourth-order valence-corrected chi connectivity index (χ4v) is 5.15. The second kappa shape index (κ2) is 5.31. The first-order valence-corrected chi connectivity index (χ1v) is 9.47. The molecule has 5 nitrogen and oxygen atoms in total. The van der Waals surface area contributed by atoms with E-state index in [1.807, 2.05) is 18.5 Å². The van der Waals surface area contributed by atoms with Crippen LogP contribution in [-0.2, 0) is 11.3 Å². The van der Waals surface area contributed by atoms with Crippen LogP contribution in [0.25, 0.3) is 10.9 Å². The summed E-state index contributed by atoms with van der Waals surface area (Å²) in [6.07, 6.45) is 10.2. The highest BCUT2D eigenvalue weighted by Gasteiger charge is 2.53. The summed E-state index contributed by atoms with van der Waals surface area (Å²) in [7, 11) is 0.